The molecule has 0 heterocycles. The zero-order chi connectivity index (χ0) is 13.7. The monoisotopic (exact) mass is 248 g/mol. The summed E-state index contributed by atoms with van der Waals surface area (Å²) in [5, 5.41) is 0. The molecule has 0 fully saturated rings. The van der Waals surface area contributed by atoms with Crippen LogP contribution in [0.4, 0.5) is 0 Å². The minimum absolute atomic E-state index is 0.300. The first kappa shape index (κ1) is 14.1. The van der Waals surface area contributed by atoms with E-state index < -0.39 is 18.2 Å². The van der Waals surface area contributed by atoms with E-state index in [9.17, 15) is 14.4 Å². The molecule has 4 heteroatoms. The highest BCUT2D eigenvalue weighted by Crippen LogP contribution is 2.16. The number of hydrogen-bond donors (Lipinski definition) is 0. The molecule has 0 spiro atoms. The van der Waals surface area contributed by atoms with Crippen LogP contribution in [0.15, 0.2) is 24.3 Å². The molecular formula is C14H16O4. The van der Waals surface area contributed by atoms with Gasteiger partial charge in [0.05, 0.1) is 13.5 Å². The SMILES string of the molecule is COC(=O)C(=O)CC(=O)c1cccc(C(C)C)c1. The topological polar surface area (TPSA) is 60.4 Å². The Kier molecular flexibility index (Phi) is 4.77. The van der Waals surface area contributed by atoms with E-state index in [1.807, 2.05) is 19.9 Å². The van der Waals surface area contributed by atoms with Crippen LogP contribution in [0.3, 0.4) is 0 Å². The Hall–Kier alpha value is -1.97. The van der Waals surface area contributed by atoms with E-state index >= 15 is 0 Å². The quantitative estimate of drug-likeness (QED) is 0.346. The van der Waals surface area contributed by atoms with Gasteiger partial charge in [0.15, 0.2) is 5.78 Å². The van der Waals surface area contributed by atoms with Crippen LogP contribution >= 0.6 is 0 Å². The van der Waals surface area contributed by atoms with Crippen LogP contribution in [0.1, 0.15) is 42.1 Å². The molecule has 1 aromatic carbocycles. The fourth-order valence-electron chi connectivity index (χ4n) is 1.51. The van der Waals surface area contributed by atoms with Gasteiger partial charge in [0.2, 0.25) is 5.78 Å². The van der Waals surface area contributed by atoms with Crippen molar-refractivity contribution in [2.75, 3.05) is 7.11 Å². The predicted octanol–water partition coefficient (Wildman–Crippen LogP) is 2.12. The third-order valence-electron chi connectivity index (χ3n) is 2.61. The maximum atomic E-state index is 11.8. The van der Waals surface area contributed by atoms with E-state index in [1.54, 1.807) is 18.2 Å². The molecule has 0 unspecified atom stereocenters. The van der Waals surface area contributed by atoms with E-state index in [-0.39, 0.29) is 5.78 Å². The summed E-state index contributed by atoms with van der Waals surface area (Å²) >= 11 is 0. The summed E-state index contributed by atoms with van der Waals surface area (Å²) in [6, 6.07) is 7.07. The van der Waals surface area contributed by atoms with Crippen molar-refractivity contribution in [2.45, 2.75) is 26.2 Å². The van der Waals surface area contributed by atoms with Gasteiger partial charge in [-0.25, -0.2) is 4.79 Å². The summed E-state index contributed by atoms with van der Waals surface area (Å²) in [5.41, 5.74) is 1.46. The lowest BCUT2D eigenvalue weighted by atomic mass is 9.98. The van der Waals surface area contributed by atoms with Crippen LogP contribution in [0, 0.1) is 0 Å². The molecule has 0 aliphatic rings. The number of esters is 1. The van der Waals surface area contributed by atoms with Gasteiger partial charge in [0.1, 0.15) is 0 Å². The van der Waals surface area contributed by atoms with Gasteiger partial charge in [-0.15, -0.1) is 0 Å². The Morgan fingerprint density at radius 3 is 2.44 bits per heavy atom. The smallest absolute Gasteiger partial charge is 0.374 e. The fraction of sp³-hybridized carbons (Fsp3) is 0.357. The largest absolute Gasteiger partial charge is 0.463 e. The molecule has 0 aliphatic carbocycles. The summed E-state index contributed by atoms with van der Waals surface area (Å²) in [6.45, 7) is 4.03. The normalized spacial score (nSPS) is 10.2. The molecule has 0 bridgehead atoms. The van der Waals surface area contributed by atoms with Crippen LogP contribution in [0.5, 0.6) is 0 Å². The maximum Gasteiger partial charge on any atom is 0.374 e. The van der Waals surface area contributed by atoms with Crippen LogP contribution in [0.2, 0.25) is 0 Å². The summed E-state index contributed by atoms with van der Waals surface area (Å²) in [4.78, 5) is 34.0. The van der Waals surface area contributed by atoms with E-state index in [1.165, 1.54) is 0 Å². The summed E-state index contributed by atoms with van der Waals surface area (Å²) in [7, 11) is 1.12. The van der Waals surface area contributed by atoms with Gasteiger partial charge >= 0.3 is 5.97 Å². The zero-order valence-electron chi connectivity index (χ0n) is 10.7. The molecule has 1 aromatic rings. The van der Waals surface area contributed by atoms with Crippen molar-refractivity contribution < 1.29 is 19.1 Å². The third kappa shape index (κ3) is 3.52. The number of carbonyl (C=O) groups excluding carboxylic acids is 3. The van der Waals surface area contributed by atoms with E-state index in [4.69, 9.17) is 0 Å². The first-order valence-corrected chi connectivity index (χ1v) is 5.70. The minimum atomic E-state index is -0.983. The van der Waals surface area contributed by atoms with Gasteiger partial charge < -0.3 is 4.74 Å². The van der Waals surface area contributed by atoms with Crippen LogP contribution in [-0.4, -0.2) is 24.6 Å². The van der Waals surface area contributed by atoms with Crippen LogP contribution in [0.25, 0.3) is 0 Å². The summed E-state index contributed by atoms with van der Waals surface area (Å²) in [5.74, 6) is -1.87. The summed E-state index contributed by atoms with van der Waals surface area (Å²) < 4.78 is 4.27. The molecule has 0 atom stereocenters. The molecule has 0 aromatic heterocycles. The van der Waals surface area contributed by atoms with Crippen molar-refractivity contribution in [3.05, 3.63) is 35.4 Å². The second kappa shape index (κ2) is 6.10. The molecular weight excluding hydrogens is 232 g/mol. The number of benzene rings is 1. The average molecular weight is 248 g/mol. The average Bonchev–Trinajstić information content (AvgIpc) is 2.37. The van der Waals surface area contributed by atoms with E-state index in [0.717, 1.165) is 12.7 Å². The number of carbonyl (C=O) groups is 3. The van der Waals surface area contributed by atoms with Crippen molar-refractivity contribution in [1.82, 2.24) is 0 Å². The number of ketones is 2. The number of ether oxygens (including phenoxy) is 1. The second-order valence-electron chi connectivity index (χ2n) is 4.29. The van der Waals surface area contributed by atoms with Gasteiger partial charge in [-0.2, -0.15) is 0 Å². The number of rotatable bonds is 5. The van der Waals surface area contributed by atoms with Gasteiger partial charge in [0.25, 0.3) is 0 Å². The predicted molar refractivity (Wildman–Crippen MR) is 66.5 cm³/mol. The zero-order valence-corrected chi connectivity index (χ0v) is 10.7. The van der Waals surface area contributed by atoms with Gasteiger partial charge in [-0.3, -0.25) is 9.59 Å². The lowest BCUT2D eigenvalue weighted by molar-refractivity contribution is -0.151. The number of hydrogen-bond acceptors (Lipinski definition) is 4. The molecule has 96 valence electrons. The van der Waals surface area contributed by atoms with Crippen molar-refractivity contribution in [3.8, 4) is 0 Å². The molecule has 0 saturated heterocycles. The highest BCUT2D eigenvalue weighted by molar-refractivity contribution is 6.38. The standard InChI is InChI=1S/C14H16O4/c1-9(2)10-5-4-6-11(7-10)12(15)8-13(16)14(17)18-3/h4-7,9H,8H2,1-3H3. The summed E-state index contributed by atoms with van der Waals surface area (Å²) in [6.07, 6.45) is -0.450. The van der Waals surface area contributed by atoms with Crippen molar-refractivity contribution in [3.63, 3.8) is 0 Å². The first-order valence-electron chi connectivity index (χ1n) is 5.70. The highest BCUT2D eigenvalue weighted by atomic mass is 16.5. The van der Waals surface area contributed by atoms with Gasteiger partial charge in [-0.1, -0.05) is 32.0 Å². The van der Waals surface area contributed by atoms with Crippen molar-refractivity contribution in [1.29, 1.82) is 0 Å². The molecule has 0 amide bonds. The molecule has 0 radical (unpaired) electrons. The van der Waals surface area contributed by atoms with E-state index in [2.05, 4.69) is 4.74 Å². The third-order valence-corrected chi connectivity index (χ3v) is 2.61. The molecule has 4 nitrogen and oxygen atoms in total. The Morgan fingerprint density at radius 1 is 1.22 bits per heavy atom. The lowest BCUT2D eigenvalue weighted by Crippen LogP contribution is -2.19. The lowest BCUT2D eigenvalue weighted by Gasteiger charge is -2.07. The number of Topliss-reactive ketones (excluding diaryl/α,β-unsaturated/α-hetero) is 2. The molecule has 1 rings (SSSR count). The fourth-order valence-corrected chi connectivity index (χ4v) is 1.51. The first-order chi connectivity index (χ1) is 8.45. The van der Waals surface area contributed by atoms with E-state index in [0.29, 0.717) is 11.5 Å². The maximum absolute atomic E-state index is 11.8. The van der Waals surface area contributed by atoms with Gasteiger partial charge in [-0.05, 0) is 17.5 Å². The van der Waals surface area contributed by atoms with Crippen LogP contribution in [-0.2, 0) is 14.3 Å². The van der Waals surface area contributed by atoms with Gasteiger partial charge in [0, 0.05) is 5.56 Å². The number of methoxy groups -OCH3 is 1. The van der Waals surface area contributed by atoms with Crippen molar-refractivity contribution >= 4 is 17.5 Å². The Bertz CT molecular complexity index is 474. The molecule has 0 N–H and O–H groups in total. The Labute approximate surface area is 106 Å². The highest BCUT2D eigenvalue weighted by Gasteiger charge is 2.19. The molecule has 18 heavy (non-hydrogen) atoms. The molecule has 0 aliphatic heterocycles. The van der Waals surface area contributed by atoms with Crippen LogP contribution < -0.4 is 0 Å². The second-order valence-corrected chi connectivity index (χ2v) is 4.29. The Morgan fingerprint density at radius 2 is 1.89 bits per heavy atom. The molecule has 0 saturated carbocycles. The minimum Gasteiger partial charge on any atom is -0.463 e. The van der Waals surface area contributed by atoms with Crippen molar-refractivity contribution in [2.24, 2.45) is 0 Å². The Balaban J connectivity index is 2.82.